The molecule has 0 fully saturated rings. The van der Waals surface area contributed by atoms with E-state index in [2.05, 4.69) is 6.07 Å². The highest BCUT2D eigenvalue weighted by atomic mass is 16.5. The maximum atomic E-state index is 12.2. The highest BCUT2D eigenvalue weighted by Gasteiger charge is 2.13. The second-order valence-electron chi connectivity index (χ2n) is 5.20. The molecule has 0 atom stereocenters. The number of hydrogen-bond acceptors (Lipinski definition) is 3. The lowest BCUT2D eigenvalue weighted by Crippen LogP contribution is -2.01. The van der Waals surface area contributed by atoms with Crippen molar-refractivity contribution in [2.45, 2.75) is 19.3 Å². The standard InChI is InChI=1S/C18H18O3/c1-20-16-4-2-3-14(12-16)17(19)7-5-13-6-8-18-15(11-13)9-10-21-18/h2-4,6,8,11-12H,5,7,9-10H2,1H3. The van der Waals surface area contributed by atoms with Crippen LogP contribution in [0.15, 0.2) is 42.5 Å². The van der Waals surface area contributed by atoms with Crippen LogP contribution in [0.2, 0.25) is 0 Å². The number of fused-ring (bicyclic) bond motifs is 1. The molecule has 1 heterocycles. The Hall–Kier alpha value is -2.29. The van der Waals surface area contributed by atoms with Gasteiger partial charge in [0.1, 0.15) is 11.5 Å². The van der Waals surface area contributed by atoms with E-state index in [1.807, 2.05) is 30.3 Å². The van der Waals surface area contributed by atoms with E-state index < -0.39 is 0 Å². The van der Waals surface area contributed by atoms with Gasteiger partial charge in [0.25, 0.3) is 0 Å². The first-order valence-electron chi connectivity index (χ1n) is 7.18. The van der Waals surface area contributed by atoms with Crippen molar-refractivity contribution in [1.29, 1.82) is 0 Å². The van der Waals surface area contributed by atoms with Crippen LogP contribution in [0.5, 0.6) is 11.5 Å². The number of carbonyl (C=O) groups excluding carboxylic acids is 1. The van der Waals surface area contributed by atoms with Crippen molar-refractivity contribution in [3.8, 4) is 11.5 Å². The van der Waals surface area contributed by atoms with Gasteiger partial charge < -0.3 is 9.47 Å². The maximum absolute atomic E-state index is 12.2. The quantitative estimate of drug-likeness (QED) is 0.788. The predicted octanol–water partition coefficient (Wildman–Crippen LogP) is 3.45. The summed E-state index contributed by atoms with van der Waals surface area (Å²) in [6.45, 7) is 0.765. The van der Waals surface area contributed by atoms with Gasteiger partial charge in [-0.1, -0.05) is 24.3 Å². The molecular weight excluding hydrogens is 264 g/mol. The minimum absolute atomic E-state index is 0.144. The molecule has 0 bridgehead atoms. The molecule has 0 saturated carbocycles. The lowest BCUT2D eigenvalue weighted by atomic mass is 10.0. The number of ketones is 1. The van der Waals surface area contributed by atoms with E-state index in [0.717, 1.165) is 30.9 Å². The van der Waals surface area contributed by atoms with Crippen LogP contribution in [0.4, 0.5) is 0 Å². The zero-order chi connectivity index (χ0) is 14.7. The van der Waals surface area contributed by atoms with Crippen LogP contribution < -0.4 is 9.47 Å². The fraction of sp³-hybridized carbons (Fsp3) is 0.278. The van der Waals surface area contributed by atoms with E-state index in [9.17, 15) is 4.79 Å². The first-order valence-corrected chi connectivity index (χ1v) is 7.18. The summed E-state index contributed by atoms with van der Waals surface area (Å²) < 4.78 is 10.6. The number of methoxy groups -OCH3 is 1. The summed E-state index contributed by atoms with van der Waals surface area (Å²) in [6.07, 6.45) is 2.23. The van der Waals surface area contributed by atoms with Crippen molar-refractivity contribution in [3.63, 3.8) is 0 Å². The minimum atomic E-state index is 0.144. The predicted molar refractivity (Wildman–Crippen MR) is 81.3 cm³/mol. The van der Waals surface area contributed by atoms with E-state index in [-0.39, 0.29) is 5.78 Å². The van der Waals surface area contributed by atoms with Crippen LogP contribution in [-0.2, 0) is 12.8 Å². The van der Waals surface area contributed by atoms with Crippen LogP contribution in [0.25, 0.3) is 0 Å². The van der Waals surface area contributed by atoms with Gasteiger partial charge in [-0.05, 0) is 35.7 Å². The molecule has 3 nitrogen and oxygen atoms in total. The lowest BCUT2D eigenvalue weighted by molar-refractivity contribution is 0.0982. The van der Waals surface area contributed by atoms with Gasteiger partial charge >= 0.3 is 0 Å². The summed E-state index contributed by atoms with van der Waals surface area (Å²) in [5.74, 6) is 1.85. The molecule has 0 amide bonds. The number of hydrogen-bond donors (Lipinski definition) is 0. The summed E-state index contributed by atoms with van der Waals surface area (Å²) in [5, 5.41) is 0. The smallest absolute Gasteiger partial charge is 0.163 e. The van der Waals surface area contributed by atoms with Crippen molar-refractivity contribution >= 4 is 5.78 Å². The SMILES string of the molecule is COc1cccc(C(=O)CCc2ccc3c(c2)CCO3)c1. The van der Waals surface area contributed by atoms with Crippen LogP contribution in [0, 0.1) is 0 Å². The Balaban J connectivity index is 1.65. The summed E-state index contributed by atoms with van der Waals surface area (Å²) in [5.41, 5.74) is 3.15. The molecule has 0 N–H and O–H groups in total. The van der Waals surface area contributed by atoms with Crippen molar-refractivity contribution in [1.82, 2.24) is 0 Å². The Morgan fingerprint density at radius 2 is 2.14 bits per heavy atom. The monoisotopic (exact) mass is 282 g/mol. The van der Waals surface area contributed by atoms with E-state index in [0.29, 0.717) is 12.0 Å². The normalized spacial score (nSPS) is 12.6. The number of carbonyl (C=O) groups is 1. The van der Waals surface area contributed by atoms with Crippen LogP contribution >= 0.6 is 0 Å². The topological polar surface area (TPSA) is 35.5 Å². The minimum Gasteiger partial charge on any atom is -0.497 e. The van der Waals surface area contributed by atoms with Crippen LogP contribution in [-0.4, -0.2) is 19.5 Å². The second-order valence-corrected chi connectivity index (χ2v) is 5.20. The molecular formula is C18H18O3. The van der Waals surface area contributed by atoms with E-state index in [1.54, 1.807) is 13.2 Å². The van der Waals surface area contributed by atoms with Gasteiger partial charge in [0, 0.05) is 18.4 Å². The fourth-order valence-electron chi connectivity index (χ4n) is 2.59. The average Bonchev–Trinajstić information content (AvgIpc) is 3.00. The third-order valence-electron chi connectivity index (χ3n) is 3.79. The Morgan fingerprint density at radius 3 is 3.00 bits per heavy atom. The van der Waals surface area contributed by atoms with Crippen LogP contribution in [0.3, 0.4) is 0 Å². The van der Waals surface area contributed by atoms with Gasteiger partial charge in [0.15, 0.2) is 5.78 Å². The van der Waals surface area contributed by atoms with Crippen molar-refractivity contribution in [2.75, 3.05) is 13.7 Å². The molecule has 1 aliphatic rings. The third kappa shape index (κ3) is 3.07. The largest absolute Gasteiger partial charge is 0.497 e. The van der Waals surface area contributed by atoms with Gasteiger partial charge in [-0.25, -0.2) is 0 Å². The number of Topliss-reactive ketones (excluding diaryl/α,β-unsaturated/α-hetero) is 1. The summed E-state index contributed by atoms with van der Waals surface area (Å²) in [4.78, 5) is 12.2. The summed E-state index contributed by atoms with van der Waals surface area (Å²) in [6, 6.07) is 13.5. The molecule has 21 heavy (non-hydrogen) atoms. The Labute approximate surface area is 124 Å². The maximum Gasteiger partial charge on any atom is 0.163 e. The number of benzene rings is 2. The van der Waals surface area contributed by atoms with Crippen molar-refractivity contribution in [2.24, 2.45) is 0 Å². The molecule has 0 radical (unpaired) electrons. The van der Waals surface area contributed by atoms with E-state index >= 15 is 0 Å². The molecule has 3 heteroatoms. The lowest BCUT2D eigenvalue weighted by Gasteiger charge is -2.05. The molecule has 0 aliphatic carbocycles. The molecule has 0 saturated heterocycles. The first kappa shape index (κ1) is 13.7. The molecule has 108 valence electrons. The van der Waals surface area contributed by atoms with Gasteiger partial charge in [0.2, 0.25) is 0 Å². The molecule has 0 unspecified atom stereocenters. The van der Waals surface area contributed by atoms with Crippen LogP contribution in [0.1, 0.15) is 27.9 Å². The van der Waals surface area contributed by atoms with E-state index in [1.165, 1.54) is 11.1 Å². The Bertz CT molecular complexity index is 661. The van der Waals surface area contributed by atoms with E-state index in [4.69, 9.17) is 9.47 Å². The second kappa shape index (κ2) is 6.00. The number of ether oxygens (including phenoxy) is 2. The summed E-state index contributed by atoms with van der Waals surface area (Å²) in [7, 11) is 1.61. The molecule has 2 aromatic rings. The molecule has 2 aromatic carbocycles. The van der Waals surface area contributed by atoms with Gasteiger partial charge in [-0.2, -0.15) is 0 Å². The summed E-state index contributed by atoms with van der Waals surface area (Å²) >= 11 is 0. The van der Waals surface area contributed by atoms with Crippen molar-refractivity contribution in [3.05, 3.63) is 59.2 Å². The number of rotatable bonds is 5. The zero-order valence-corrected chi connectivity index (χ0v) is 12.1. The average molecular weight is 282 g/mol. The van der Waals surface area contributed by atoms with Gasteiger partial charge in [-0.3, -0.25) is 4.79 Å². The van der Waals surface area contributed by atoms with Crippen molar-refractivity contribution < 1.29 is 14.3 Å². The first-order chi connectivity index (χ1) is 10.3. The molecule has 0 aromatic heterocycles. The fourth-order valence-corrected chi connectivity index (χ4v) is 2.59. The third-order valence-corrected chi connectivity index (χ3v) is 3.79. The molecule has 1 aliphatic heterocycles. The number of aryl methyl sites for hydroxylation is 1. The zero-order valence-electron chi connectivity index (χ0n) is 12.1. The highest BCUT2D eigenvalue weighted by molar-refractivity contribution is 5.96. The van der Waals surface area contributed by atoms with Gasteiger partial charge in [-0.15, -0.1) is 0 Å². The molecule has 0 spiro atoms. The highest BCUT2D eigenvalue weighted by Crippen LogP contribution is 2.26. The molecule has 3 rings (SSSR count). The van der Waals surface area contributed by atoms with Gasteiger partial charge in [0.05, 0.1) is 13.7 Å². The Morgan fingerprint density at radius 1 is 1.24 bits per heavy atom. The Kier molecular flexibility index (Phi) is 3.91.